The summed E-state index contributed by atoms with van der Waals surface area (Å²) < 4.78 is 22.6. The molecule has 6 rings (SSSR count). The van der Waals surface area contributed by atoms with E-state index in [9.17, 15) is 33.9 Å². The number of methoxy groups -OCH3 is 2. The first kappa shape index (κ1) is 54.0. The van der Waals surface area contributed by atoms with Gasteiger partial charge in [-0.15, -0.1) is 35.1 Å². The Balaban J connectivity index is 0.000000352. The molecule has 2 atom stereocenters. The third kappa shape index (κ3) is 17.2. The molecule has 328 valence electrons. The Morgan fingerprint density at radius 3 is 1.56 bits per heavy atom. The molecule has 0 fully saturated rings. The molecule has 2 aromatic carbocycles. The number of nitrogens with two attached hydrogens (primary N) is 1. The van der Waals surface area contributed by atoms with Crippen molar-refractivity contribution in [3.63, 3.8) is 0 Å². The second kappa shape index (κ2) is 27.8. The van der Waals surface area contributed by atoms with E-state index in [1.807, 2.05) is 60.7 Å². The first-order chi connectivity index (χ1) is 29.3. The SMILES string of the molecule is COC(=O)[C@@H](CN)NC(=O)OCc1ccccc1.COC(=O)[C@@H](CNC(=O)c1cc2nccc(Br)c2s1)NC(=O)OCc1ccccc1.Cl.O=C([O-])c1cc2nccc(Br)c2s1.[Li+]. The Hall–Kier alpha value is -5.11. The summed E-state index contributed by atoms with van der Waals surface area (Å²) in [5, 5.41) is 17.9. The quantitative estimate of drug-likeness (QED) is 0.0738. The first-order valence-corrected chi connectivity index (χ1v) is 20.9. The van der Waals surface area contributed by atoms with E-state index in [0.717, 1.165) is 40.8 Å². The summed E-state index contributed by atoms with van der Waals surface area (Å²) in [5.74, 6) is -2.85. The smallest absolute Gasteiger partial charge is 0.544 e. The molecule has 0 unspecified atom stereocenters. The van der Waals surface area contributed by atoms with Gasteiger partial charge in [0.1, 0.15) is 25.3 Å². The molecule has 0 saturated carbocycles. The number of carboxylic acid groups (broad SMARTS) is 1. The van der Waals surface area contributed by atoms with E-state index in [2.05, 4.69) is 62.5 Å². The topological polar surface area (TPSA) is 250 Å². The zero-order valence-electron chi connectivity index (χ0n) is 33.7. The number of fused-ring (bicyclic) bond motifs is 2. The third-order valence-corrected chi connectivity index (χ3v) is 12.0. The number of hydrogen-bond acceptors (Lipinski definition) is 16. The van der Waals surface area contributed by atoms with Gasteiger partial charge in [-0.25, -0.2) is 19.2 Å². The van der Waals surface area contributed by atoms with Crippen molar-refractivity contribution in [1.82, 2.24) is 25.9 Å². The maximum Gasteiger partial charge on any atom is 1.00 e. The molecule has 0 aliphatic rings. The molecule has 6 aromatic rings. The fourth-order valence-electron chi connectivity index (χ4n) is 4.81. The van der Waals surface area contributed by atoms with Gasteiger partial charge in [-0.3, -0.25) is 14.8 Å². The number of hydrogen-bond donors (Lipinski definition) is 4. The molecule has 5 N–H and O–H groups in total. The number of ether oxygens (including phenoxy) is 4. The van der Waals surface area contributed by atoms with Crippen molar-refractivity contribution in [2.75, 3.05) is 27.3 Å². The van der Waals surface area contributed by atoms with Gasteiger partial charge in [0.05, 0.1) is 50.4 Å². The van der Waals surface area contributed by atoms with Gasteiger partial charge >= 0.3 is 43.0 Å². The summed E-state index contributed by atoms with van der Waals surface area (Å²) in [6.07, 6.45) is 1.76. The number of aromatic carboxylic acids is 1. The number of aromatic nitrogens is 2. The monoisotopic (exact) mass is 1040 g/mol. The number of thiophene rings is 2. The number of pyridine rings is 2. The van der Waals surface area contributed by atoms with E-state index >= 15 is 0 Å². The number of carbonyl (C=O) groups excluding carboxylic acids is 6. The van der Waals surface area contributed by atoms with Crippen LogP contribution in [0.3, 0.4) is 0 Å². The summed E-state index contributed by atoms with van der Waals surface area (Å²) in [6, 6.07) is 23.1. The van der Waals surface area contributed by atoms with Crippen molar-refractivity contribution in [1.29, 1.82) is 0 Å². The zero-order valence-corrected chi connectivity index (χ0v) is 39.3. The van der Waals surface area contributed by atoms with Crippen molar-refractivity contribution in [2.24, 2.45) is 5.73 Å². The van der Waals surface area contributed by atoms with Crippen LogP contribution in [0.1, 0.15) is 30.5 Å². The minimum Gasteiger partial charge on any atom is -0.544 e. The summed E-state index contributed by atoms with van der Waals surface area (Å²) in [6.45, 7) is -0.0242. The normalized spacial score (nSPS) is 10.9. The first-order valence-electron chi connectivity index (χ1n) is 17.7. The van der Waals surface area contributed by atoms with Crippen LogP contribution in [-0.2, 0) is 41.8 Å². The molecular weight excluding hydrogens is 1010 g/mol. The van der Waals surface area contributed by atoms with Gasteiger partial charge in [-0.05, 0) is 67.3 Å². The van der Waals surface area contributed by atoms with Gasteiger partial charge in [0.15, 0.2) is 0 Å². The number of nitrogens with zero attached hydrogens (tertiary/aromatic N) is 2. The standard InChI is InChI=1S/C20H18BrN3O5S.C12H16N2O4.C8H4BrNO2S.ClH.Li/c1-28-19(26)15(24-20(27)29-11-12-5-3-2-4-6-12)10-23-18(25)16-9-14-17(30-16)13(21)7-8-22-14;1-17-11(15)10(7-13)14-12(16)18-8-9-5-3-2-4-6-9;9-4-1-2-10-5-3-6(8(11)12)13-7(4)5;;/h2-9,15H,10-11H2,1H3,(H,23,25)(H,24,27);2-6,10H,7-8,13H2,1H3,(H,14,16);1-3H,(H,11,12);1H;/q;;;;+1/p-1/t15-;10-;;;/m11.../s1. The molecule has 3 amide bonds. The number of benzene rings is 2. The van der Waals surface area contributed by atoms with E-state index in [1.165, 1.54) is 31.6 Å². The minimum atomic E-state index is -1.16. The molecule has 4 aromatic heterocycles. The summed E-state index contributed by atoms with van der Waals surface area (Å²) in [4.78, 5) is 78.6. The van der Waals surface area contributed by atoms with Gasteiger partial charge in [0.2, 0.25) is 0 Å². The second-order valence-electron chi connectivity index (χ2n) is 12.0. The summed E-state index contributed by atoms with van der Waals surface area (Å²) in [7, 11) is 2.42. The Labute approximate surface area is 403 Å². The number of alkyl carbamates (subject to hydrolysis) is 2. The second-order valence-corrected chi connectivity index (χ2v) is 15.8. The number of amides is 3. The van der Waals surface area contributed by atoms with Crippen LogP contribution in [0.2, 0.25) is 0 Å². The zero-order chi connectivity index (χ0) is 44.3. The average molecular weight is 1050 g/mol. The fourth-order valence-corrected chi connectivity index (χ4v) is 7.74. The number of halogens is 3. The van der Waals surface area contributed by atoms with E-state index in [0.29, 0.717) is 15.9 Å². The fraction of sp³-hybridized carbons (Fsp3) is 0.200. The number of esters is 2. The molecular formula is C40H38Br2ClLiN6O11S2. The third-order valence-electron chi connectivity index (χ3n) is 7.84. The maximum absolute atomic E-state index is 12.5. The minimum absolute atomic E-state index is 0. The van der Waals surface area contributed by atoms with E-state index < -0.39 is 48.1 Å². The van der Waals surface area contributed by atoms with Gasteiger partial charge in [0, 0.05) is 34.4 Å². The number of rotatable bonds is 13. The van der Waals surface area contributed by atoms with Crippen LogP contribution in [0.15, 0.2) is 106 Å². The molecule has 17 nitrogen and oxygen atoms in total. The molecule has 23 heteroatoms. The van der Waals surface area contributed by atoms with Crippen molar-refractivity contribution in [2.45, 2.75) is 25.3 Å². The van der Waals surface area contributed by atoms with Gasteiger partial charge in [0.25, 0.3) is 5.91 Å². The van der Waals surface area contributed by atoms with Crippen LogP contribution in [-0.4, -0.2) is 85.4 Å². The Kier molecular flexibility index (Phi) is 23.9. The molecule has 0 aliphatic heterocycles. The predicted octanol–water partition coefficient (Wildman–Crippen LogP) is 2.52. The van der Waals surface area contributed by atoms with Crippen LogP contribution in [0.5, 0.6) is 0 Å². The predicted molar refractivity (Wildman–Crippen MR) is 239 cm³/mol. The van der Waals surface area contributed by atoms with Crippen LogP contribution in [0, 0.1) is 0 Å². The van der Waals surface area contributed by atoms with Gasteiger partial charge in [-0.1, -0.05) is 60.7 Å². The Morgan fingerprint density at radius 1 is 0.698 bits per heavy atom. The van der Waals surface area contributed by atoms with Crippen LogP contribution < -0.4 is 45.7 Å². The molecule has 0 saturated heterocycles. The Morgan fingerprint density at radius 2 is 1.13 bits per heavy atom. The molecule has 0 radical (unpaired) electrons. The maximum atomic E-state index is 12.5. The summed E-state index contributed by atoms with van der Waals surface area (Å²) >= 11 is 9.17. The number of carbonyl (C=O) groups is 6. The summed E-state index contributed by atoms with van der Waals surface area (Å²) in [5.41, 5.74) is 8.36. The van der Waals surface area contributed by atoms with Crippen molar-refractivity contribution in [3.8, 4) is 0 Å². The Bertz CT molecular complexity index is 2450. The van der Waals surface area contributed by atoms with Crippen molar-refractivity contribution < 1.29 is 71.7 Å². The van der Waals surface area contributed by atoms with E-state index in [1.54, 1.807) is 30.6 Å². The average Bonchev–Trinajstić information content (AvgIpc) is 3.93. The molecule has 63 heavy (non-hydrogen) atoms. The number of nitrogens with one attached hydrogen (secondary N) is 3. The van der Waals surface area contributed by atoms with Crippen LogP contribution in [0.25, 0.3) is 20.4 Å². The van der Waals surface area contributed by atoms with Crippen molar-refractivity contribution in [3.05, 3.63) is 127 Å². The molecule has 4 heterocycles. The van der Waals surface area contributed by atoms with Crippen molar-refractivity contribution >= 4 is 123 Å². The van der Waals surface area contributed by atoms with E-state index in [-0.39, 0.29) is 62.4 Å². The largest absolute Gasteiger partial charge is 1.00 e. The molecule has 0 spiro atoms. The molecule has 0 aliphatic carbocycles. The van der Waals surface area contributed by atoms with Crippen LogP contribution >= 0.6 is 66.9 Å². The molecule has 0 bridgehead atoms. The van der Waals surface area contributed by atoms with Gasteiger partial charge in [-0.2, -0.15) is 0 Å². The van der Waals surface area contributed by atoms with Gasteiger partial charge < -0.3 is 50.5 Å². The van der Waals surface area contributed by atoms with E-state index in [4.69, 9.17) is 19.9 Å². The number of carboxylic acids is 1. The van der Waals surface area contributed by atoms with Crippen LogP contribution in [0.4, 0.5) is 9.59 Å².